The van der Waals surface area contributed by atoms with Crippen LogP contribution in [0.3, 0.4) is 0 Å². The van der Waals surface area contributed by atoms with Gasteiger partial charge in [-0.3, -0.25) is 4.90 Å². The van der Waals surface area contributed by atoms with Crippen molar-refractivity contribution in [3.05, 3.63) is 29.8 Å². The lowest BCUT2D eigenvalue weighted by Crippen LogP contribution is -2.33. The summed E-state index contributed by atoms with van der Waals surface area (Å²) in [5.41, 5.74) is -0.190. The fourth-order valence-corrected chi connectivity index (χ4v) is 2.51. The smallest absolute Gasteiger partial charge is 0.121 e. The van der Waals surface area contributed by atoms with E-state index in [-0.39, 0.29) is 11.8 Å². The molecule has 0 radical (unpaired) electrons. The Morgan fingerprint density at radius 2 is 1.80 bits per heavy atom. The van der Waals surface area contributed by atoms with Gasteiger partial charge in [0.05, 0.1) is 0 Å². The van der Waals surface area contributed by atoms with Gasteiger partial charge in [-0.25, -0.2) is 0 Å². The van der Waals surface area contributed by atoms with Gasteiger partial charge in [0.15, 0.2) is 0 Å². The molecule has 3 heteroatoms. The van der Waals surface area contributed by atoms with Crippen molar-refractivity contribution >= 4 is 0 Å². The highest BCUT2D eigenvalue weighted by molar-refractivity contribution is 5.39. The molecule has 0 aromatic heterocycles. The molecule has 0 aliphatic carbocycles. The SMILES string of the molecule is CC(C)(O)C#C[C@H](c1ccccc1O)N1CCCCC1. The molecule has 108 valence electrons. The third-order valence-electron chi connectivity index (χ3n) is 3.50. The maximum Gasteiger partial charge on any atom is 0.121 e. The lowest BCUT2D eigenvalue weighted by molar-refractivity contribution is 0.142. The number of aromatic hydroxyl groups is 1. The first-order valence-electron chi connectivity index (χ1n) is 7.24. The Kier molecular flexibility index (Phi) is 4.69. The van der Waals surface area contributed by atoms with Gasteiger partial charge in [-0.1, -0.05) is 36.5 Å². The number of hydrogen-bond donors (Lipinski definition) is 2. The molecule has 3 nitrogen and oxygen atoms in total. The van der Waals surface area contributed by atoms with Crippen molar-refractivity contribution in [3.63, 3.8) is 0 Å². The van der Waals surface area contributed by atoms with Gasteiger partial charge in [0, 0.05) is 5.56 Å². The van der Waals surface area contributed by atoms with Crippen molar-refractivity contribution in [2.24, 2.45) is 0 Å². The van der Waals surface area contributed by atoms with Gasteiger partial charge in [-0.2, -0.15) is 0 Å². The number of rotatable bonds is 2. The summed E-state index contributed by atoms with van der Waals surface area (Å²) in [5, 5.41) is 19.9. The summed E-state index contributed by atoms with van der Waals surface area (Å²) in [7, 11) is 0. The number of para-hydroxylation sites is 1. The van der Waals surface area contributed by atoms with Crippen LogP contribution >= 0.6 is 0 Å². The molecule has 1 atom stereocenters. The maximum atomic E-state index is 10.1. The summed E-state index contributed by atoms with van der Waals surface area (Å²) in [4.78, 5) is 2.29. The van der Waals surface area contributed by atoms with Crippen LogP contribution in [0.25, 0.3) is 0 Å². The Hall–Kier alpha value is -1.50. The summed E-state index contributed by atoms with van der Waals surface area (Å²) in [5.74, 6) is 6.32. The highest BCUT2D eigenvalue weighted by atomic mass is 16.3. The fourth-order valence-electron chi connectivity index (χ4n) is 2.51. The molecule has 1 aliphatic rings. The molecule has 2 rings (SSSR count). The quantitative estimate of drug-likeness (QED) is 0.814. The van der Waals surface area contributed by atoms with Crippen molar-refractivity contribution < 1.29 is 10.2 Å². The first-order valence-corrected chi connectivity index (χ1v) is 7.24. The van der Waals surface area contributed by atoms with Crippen LogP contribution in [-0.2, 0) is 0 Å². The lowest BCUT2D eigenvalue weighted by atomic mass is 10.00. The lowest BCUT2D eigenvalue weighted by Gasteiger charge is -2.32. The molecule has 1 saturated heterocycles. The summed E-state index contributed by atoms with van der Waals surface area (Å²) in [6.07, 6.45) is 3.57. The number of nitrogens with zero attached hydrogens (tertiary/aromatic N) is 1. The van der Waals surface area contributed by atoms with E-state index in [0.717, 1.165) is 31.5 Å². The molecular weight excluding hydrogens is 250 g/mol. The molecule has 1 fully saturated rings. The van der Waals surface area contributed by atoms with E-state index in [2.05, 4.69) is 16.7 Å². The van der Waals surface area contributed by atoms with Crippen LogP contribution in [0.15, 0.2) is 24.3 Å². The minimum absolute atomic E-state index is 0.150. The molecule has 0 amide bonds. The van der Waals surface area contributed by atoms with E-state index in [9.17, 15) is 10.2 Å². The van der Waals surface area contributed by atoms with Crippen molar-refractivity contribution in [3.8, 4) is 17.6 Å². The van der Waals surface area contributed by atoms with Crippen molar-refractivity contribution in [2.75, 3.05) is 13.1 Å². The van der Waals surface area contributed by atoms with E-state index < -0.39 is 5.60 Å². The van der Waals surface area contributed by atoms with Crippen LogP contribution < -0.4 is 0 Å². The predicted molar refractivity (Wildman–Crippen MR) is 80.3 cm³/mol. The maximum absolute atomic E-state index is 10.1. The van der Waals surface area contributed by atoms with E-state index in [1.165, 1.54) is 6.42 Å². The number of hydrogen-bond acceptors (Lipinski definition) is 3. The summed E-state index contributed by atoms with van der Waals surface area (Å²) in [6, 6.07) is 7.18. The van der Waals surface area contributed by atoms with Crippen LogP contribution in [-0.4, -0.2) is 33.8 Å². The normalized spacial score (nSPS) is 18.1. The number of aliphatic hydroxyl groups is 1. The topological polar surface area (TPSA) is 43.7 Å². The molecule has 1 aromatic carbocycles. The zero-order chi connectivity index (χ0) is 14.6. The molecule has 0 unspecified atom stereocenters. The third kappa shape index (κ3) is 4.00. The van der Waals surface area contributed by atoms with Gasteiger partial charge in [-0.05, 0) is 45.8 Å². The Bertz CT molecular complexity index is 502. The molecule has 1 heterocycles. The van der Waals surface area contributed by atoms with Crippen molar-refractivity contribution in [2.45, 2.75) is 44.8 Å². The molecular formula is C17H23NO2. The van der Waals surface area contributed by atoms with Gasteiger partial charge in [-0.15, -0.1) is 0 Å². The molecule has 1 aromatic rings. The number of benzene rings is 1. The van der Waals surface area contributed by atoms with Crippen LogP contribution in [0, 0.1) is 11.8 Å². The predicted octanol–water partition coefficient (Wildman–Crippen LogP) is 2.69. The van der Waals surface area contributed by atoms with Crippen LogP contribution in [0.2, 0.25) is 0 Å². The minimum Gasteiger partial charge on any atom is -0.508 e. The number of phenols is 1. The molecule has 0 bridgehead atoms. The summed E-state index contributed by atoms with van der Waals surface area (Å²) < 4.78 is 0. The van der Waals surface area contributed by atoms with Crippen LogP contribution in [0.5, 0.6) is 5.75 Å². The monoisotopic (exact) mass is 273 g/mol. The van der Waals surface area contributed by atoms with Gasteiger partial charge in [0.2, 0.25) is 0 Å². The Balaban J connectivity index is 2.32. The Labute approximate surface area is 121 Å². The van der Waals surface area contributed by atoms with E-state index in [1.54, 1.807) is 19.9 Å². The second-order valence-electron chi connectivity index (χ2n) is 5.89. The van der Waals surface area contributed by atoms with Gasteiger partial charge in [0.1, 0.15) is 17.4 Å². The second kappa shape index (κ2) is 6.30. The second-order valence-corrected chi connectivity index (χ2v) is 5.89. The average Bonchev–Trinajstić information content (AvgIpc) is 2.41. The Morgan fingerprint density at radius 3 is 2.40 bits per heavy atom. The third-order valence-corrected chi connectivity index (χ3v) is 3.50. The summed E-state index contributed by atoms with van der Waals surface area (Å²) in [6.45, 7) is 5.33. The van der Waals surface area contributed by atoms with Gasteiger partial charge < -0.3 is 10.2 Å². The van der Waals surface area contributed by atoms with Gasteiger partial charge in [0.25, 0.3) is 0 Å². The number of phenolic OH excluding ortho intramolecular Hbond substituents is 1. The van der Waals surface area contributed by atoms with Crippen molar-refractivity contribution in [1.82, 2.24) is 4.90 Å². The highest BCUT2D eigenvalue weighted by Crippen LogP contribution is 2.30. The van der Waals surface area contributed by atoms with E-state index in [4.69, 9.17) is 0 Å². The highest BCUT2D eigenvalue weighted by Gasteiger charge is 2.23. The summed E-state index contributed by atoms with van der Waals surface area (Å²) >= 11 is 0. The average molecular weight is 273 g/mol. The molecule has 1 aliphatic heterocycles. The van der Waals surface area contributed by atoms with E-state index in [0.29, 0.717) is 0 Å². The zero-order valence-corrected chi connectivity index (χ0v) is 12.3. The van der Waals surface area contributed by atoms with Crippen LogP contribution in [0.1, 0.15) is 44.7 Å². The molecule has 2 N–H and O–H groups in total. The zero-order valence-electron chi connectivity index (χ0n) is 12.3. The molecule has 20 heavy (non-hydrogen) atoms. The molecule has 0 saturated carbocycles. The van der Waals surface area contributed by atoms with Crippen molar-refractivity contribution in [1.29, 1.82) is 0 Å². The minimum atomic E-state index is -1.02. The van der Waals surface area contributed by atoms with Gasteiger partial charge >= 0.3 is 0 Å². The standard InChI is InChI=1S/C17H23NO2/c1-17(2,20)11-10-15(18-12-6-3-7-13-18)14-8-4-5-9-16(14)19/h4-5,8-9,15,19-20H,3,6-7,12-13H2,1-2H3/t15-/m1/s1. The van der Waals surface area contributed by atoms with Crippen LogP contribution in [0.4, 0.5) is 0 Å². The Morgan fingerprint density at radius 1 is 1.15 bits per heavy atom. The fraction of sp³-hybridized carbons (Fsp3) is 0.529. The number of piperidine rings is 1. The number of likely N-dealkylation sites (tertiary alicyclic amines) is 1. The van der Waals surface area contributed by atoms with E-state index >= 15 is 0 Å². The van der Waals surface area contributed by atoms with E-state index in [1.807, 2.05) is 18.2 Å². The first kappa shape index (κ1) is 14.9. The molecule has 0 spiro atoms. The first-order chi connectivity index (χ1) is 9.47. The largest absolute Gasteiger partial charge is 0.508 e.